The fraction of sp³-hybridized carbons (Fsp3) is 0.571. The van der Waals surface area contributed by atoms with Crippen LogP contribution in [0.15, 0.2) is 17.1 Å². The number of hydrogen-bond acceptors (Lipinski definition) is 8. The van der Waals surface area contributed by atoms with Crippen LogP contribution in [0, 0.1) is 0 Å². The van der Waals surface area contributed by atoms with Gasteiger partial charge in [-0.25, -0.2) is 4.99 Å². The fourth-order valence-corrected chi connectivity index (χ4v) is 3.62. The van der Waals surface area contributed by atoms with Crippen LogP contribution in [0.4, 0.5) is 5.69 Å². The highest BCUT2D eigenvalue weighted by molar-refractivity contribution is 6.08. The summed E-state index contributed by atoms with van der Waals surface area (Å²) in [6, 6.07) is 3.04. The average Bonchev–Trinajstić information content (AvgIpc) is 3.04. The lowest BCUT2D eigenvalue weighted by atomic mass is 10.1. The van der Waals surface area contributed by atoms with Crippen LogP contribution >= 0.6 is 0 Å². The molecule has 0 saturated carbocycles. The van der Waals surface area contributed by atoms with Crippen molar-refractivity contribution in [2.24, 2.45) is 4.99 Å². The minimum atomic E-state index is -0.646. The molecule has 3 rings (SSSR count). The topological polar surface area (TPSA) is 110 Å². The Hall–Kier alpha value is -2.81. The Labute approximate surface area is 176 Å². The highest BCUT2D eigenvalue weighted by atomic mass is 16.5. The number of carbonyl (C=O) groups is 2. The lowest BCUT2D eigenvalue weighted by Crippen LogP contribution is -2.39. The SMILES string of the molecule is COc1c(OCCCCCCCOC(C)=O)ccc2c1CN1C(=N2)NC(=O)C1CO. The number of aliphatic hydroxyl groups excluding tert-OH is 1. The second kappa shape index (κ2) is 10.3. The molecule has 1 aromatic carbocycles. The normalized spacial score (nSPS) is 17.0. The second-order valence-electron chi connectivity index (χ2n) is 7.30. The minimum Gasteiger partial charge on any atom is -0.492 e. The van der Waals surface area contributed by atoms with E-state index in [1.54, 1.807) is 12.0 Å². The quantitative estimate of drug-likeness (QED) is 0.416. The molecule has 1 unspecified atom stereocenters. The van der Waals surface area contributed by atoms with Gasteiger partial charge in [0, 0.05) is 12.5 Å². The molecule has 0 aromatic heterocycles. The van der Waals surface area contributed by atoms with Gasteiger partial charge in [0.05, 0.1) is 39.2 Å². The smallest absolute Gasteiger partial charge is 0.302 e. The van der Waals surface area contributed by atoms with E-state index in [2.05, 4.69) is 10.3 Å². The number of guanidine groups is 1. The molecule has 1 atom stereocenters. The predicted molar refractivity (Wildman–Crippen MR) is 110 cm³/mol. The molecular weight excluding hydrogens is 390 g/mol. The first-order valence-electron chi connectivity index (χ1n) is 10.3. The third-order valence-corrected chi connectivity index (χ3v) is 5.17. The van der Waals surface area contributed by atoms with E-state index in [0.29, 0.717) is 37.2 Å². The maximum Gasteiger partial charge on any atom is 0.302 e. The molecule has 9 nitrogen and oxygen atoms in total. The van der Waals surface area contributed by atoms with Gasteiger partial charge in [-0.15, -0.1) is 0 Å². The van der Waals surface area contributed by atoms with Gasteiger partial charge in [0.1, 0.15) is 6.04 Å². The molecule has 2 N–H and O–H groups in total. The van der Waals surface area contributed by atoms with Crippen LogP contribution in [0.25, 0.3) is 0 Å². The van der Waals surface area contributed by atoms with Gasteiger partial charge in [-0.1, -0.05) is 19.3 Å². The molecule has 2 aliphatic rings. The van der Waals surface area contributed by atoms with Gasteiger partial charge in [-0.2, -0.15) is 0 Å². The number of unbranched alkanes of at least 4 members (excludes halogenated alkanes) is 4. The highest BCUT2D eigenvalue weighted by Crippen LogP contribution is 2.41. The van der Waals surface area contributed by atoms with Crippen molar-refractivity contribution in [1.82, 2.24) is 10.2 Å². The summed E-state index contributed by atoms with van der Waals surface area (Å²) >= 11 is 0. The summed E-state index contributed by atoms with van der Waals surface area (Å²) in [6.07, 6.45) is 4.89. The number of ether oxygens (including phenoxy) is 3. The van der Waals surface area contributed by atoms with Crippen LogP contribution in [0.5, 0.6) is 11.5 Å². The molecule has 1 aromatic rings. The number of carbonyl (C=O) groups excluding carboxylic acids is 2. The number of aliphatic hydroxyl groups is 1. The van der Waals surface area contributed by atoms with Gasteiger partial charge in [0.15, 0.2) is 11.5 Å². The van der Waals surface area contributed by atoms with Crippen LogP contribution in [0.1, 0.15) is 44.6 Å². The first kappa shape index (κ1) is 21.9. The van der Waals surface area contributed by atoms with E-state index >= 15 is 0 Å². The number of amides is 1. The van der Waals surface area contributed by atoms with Gasteiger partial charge >= 0.3 is 5.97 Å². The van der Waals surface area contributed by atoms with E-state index in [-0.39, 0.29) is 18.5 Å². The van der Waals surface area contributed by atoms with Gasteiger partial charge in [-0.3, -0.25) is 14.9 Å². The first-order chi connectivity index (χ1) is 14.5. The lowest BCUT2D eigenvalue weighted by Gasteiger charge is -2.28. The summed E-state index contributed by atoms with van der Waals surface area (Å²) in [5.74, 6) is 1.21. The molecule has 0 aliphatic carbocycles. The number of methoxy groups -OCH3 is 1. The van der Waals surface area contributed by atoms with Crippen molar-refractivity contribution >= 4 is 23.5 Å². The maximum atomic E-state index is 12.0. The largest absolute Gasteiger partial charge is 0.492 e. The first-order valence-corrected chi connectivity index (χ1v) is 10.3. The Kier molecular flexibility index (Phi) is 7.51. The Morgan fingerprint density at radius 2 is 1.97 bits per heavy atom. The van der Waals surface area contributed by atoms with Crippen molar-refractivity contribution in [1.29, 1.82) is 0 Å². The van der Waals surface area contributed by atoms with E-state index in [1.165, 1.54) is 6.92 Å². The van der Waals surface area contributed by atoms with E-state index in [9.17, 15) is 14.7 Å². The Morgan fingerprint density at radius 3 is 2.67 bits per heavy atom. The number of hydrogen-bond donors (Lipinski definition) is 2. The third-order valence-electron chi connectivity index (χ3n) is 5.17. The molecule has 9 heteroatoms. The molecule has 0 bridgehead atoms. The van der Waals surface area contributed by atoms with Crippen LogP contribution in [0.3, 0.4) is 0 Å². The maximum absolute atomic E-state index is 12.0. The number of rotatable bonds is 11. The minimum absolute atomic E-state index is 0.233. The predicted octanol–water partition coefficient (Wildman–Crippen LogP) is 1.88. The van der Waals surface area contributed by atoms with Gasteiger partial charge in [0.2, 0.25) is 5.96 Å². The van der Waals surface area contributed by atoms with Crippen molar-refractivity contribution in [3.05, 3.63) is 17.7 Å². The average molecular weight is 419 g/mol. The fourth-order valence-electron chi connectivity index (χ4n) is 3.62. The molecular formula is C21H29N3O6. The summed E-state index contributed by atoms with van der Waals surface area (Å²) in [4.78, 5) is 28.9. The van der Waals surface area contributed by atoms with Gasteiger partial charge in [-0.05, 0) is 25.0 Å². The van der Waals surface area contributed by atoms with Crippen LogP contribution in [-0.2, 0) is 20.9 Å². The molecule has 2 heterocycles. The summed E-state index contributed by atoms with van der Waals surface area (Å²) in [5.41, 5.74) is 1.55. The van der Waals surface area contributed by atoms with E-state index in [0.717, 1.165) is 43.4 Å². The summed E-state index contributed by atoms with van der Waals surface area (Å²) < 4.78 is 16.5. The molecule has 30 heavy (non-hydrogen) atoms. The van der Waals surface area contributed by atoms with Crippen molar-refractivity contribution in [2.45, 2.75) is 51.6 Å². The van der Waals surface area contributed by atoms with Gasteiger partial charge in [0.25, 0.3) is 5.91 Å². The zero-order valence-electron chi connectivity index (χ0n) is 17.5. The van der Waals surface area contributed by atoms with E-state index in [1.807, 2.05) is 12.1 Å². The Bertz CT molecular complexity index is 810. The summed E-state index contributed by atoms with van der Waals surface area (Å²) in [7, 11) is 1.59. The number of nitrogens with one attached hydrogen (secondary N) is 1. The molecule has 1 saturated heterocycles. The standard InChI is InChI=1S/C21H29N3O6/c1-14(26)29-10-6-4-3-5-7-11-30-18-9-8-16-15(19(18)28-2)12-24-17(13-25)20(27)23-21(24)22-16/h8-9,17,25H,3-7,10-13H2,1-2H3,(H,22,23,27). The number of benzene rings is 1. The summed E-state index contributed by atoms with van der Waals surface area (Å²) in [5, 5.41) is 12.2. The second-order valence-corrected chi connectivity index (χ2v) is 7.30. The third kappa shape index (κ3) is 5.02. The van der Waals surface area contributed by atoms with Crippen molar-refractivity contribution in [3.63, 3.8) is 0 Å². The molecule has 1 fully saturated rings. The Balaban J connectivity index is 1.52. The van der Waals surface area contributed by atoms with Crippen LogP contribution in [-0.4, -0.2) is 60.8 Å². The number of esters is 1. The molecule has 0 spiro atoms. The van der Waals surface area contributed by atoms with Crippen molar-refractivity contribution in [3.8, 4) is 11.5 Å². The monoisotopic (exact) mass is 419 g/mol. The molecule has 0 radical (unpaired) electrons. The zero-order valence-corrected chi connectivity index (χ0v) is 17.5. The summed E-state index contributed by atoms with van der Waals surface area (Å²) in [6.45, 7) is 2.60. The number of nitrogens with zero attached hydrogens (tertiary/aromatic N) is 2. The van der Waals surface area contributed by atoms with Crippen molar-refractivity contribution in [2.75, 3.05) is 26.9 Å². The van der Waals surface area contributed by atoms with E-state index < -0.39 is 6.04 Å². The molecule has 164 valence electrons. The van der Waals surface area contributed by atoms with Crippen molar-refractivity contribution < 1.29 is 28.9 Å². The molecule has 1 amide bonds. The van der Waals surface area contributed by atoms with Crippen LogP contribution < -0.4 is 14.8 Å². The van der Waals surface area contributed by atoms with Crippen LogP contribution in [0.2, 0.25) is 0 Å². The lowest BCUT2D eigenvalue weighted by molar-refractivity contribution is -0.141. The van der Waals surface area contributed by atoms with E-state index in [4.69, 9.17) is 14.2 Å². The zero-order chi connectivity index (χ0) is 21.5. The number of fused-ring (bicyclic) bond motifs is 2. The Morgan fingerprint density at radius 1 is 1.23 bits per heavy atom. The number of aliphatic imine (C=N–C) groups is 1. The highest BCUT2D eigenvalue weighted by Gasteiger charge is 2.39. The molecule has 2 aliphatic heterocycles. The van der Waals surface area contributed by atoms with Gasteiger partial charge < -0.3 is 24.2 Å².